The normalized spacial score (nSPS) is 13.3. The highest BCUT2D eigenvalue weighted by Gasteiger charge is 2.25. The minimum Gasteiger partial charge on any atom is -0.467 e. The van der Waals surface area contributed by atoms with Crippen molar-refractivity contribution in [2.24, 2.45) is 10.8 Å². The number of nitrogens with zero attached hydrogens (tertiary/aromatic N) is 2. The van der Waals surface area contributed by atoms with Crippen LogP contribution < -0.4 is 21.7 Å². The summed E-state index contributed by atoms with van der Waals surface area (Å²) in [6.07, 6.45) is 1.13. The zero-order valence-electron chi connectivity index (χ0n) is 15.9. The monoisotopic (exact) mass is 394 g/mol. The van der Waals surface area contributed by atoms with Crippen LogP contribution in [-0.2, 0) is 20.7 Å². The molecule has 0 aliphatic heterocycles. The van der Waals surface area contributed by atoms with Gasteiger partial charge in [0.25, 0.3) is 5.96 Å². The van der Waals surface area contributed by atoms with Crippen molar-refractivity contribution in [3.05, 3.63) is 46.0 Å². The number of hydrazone groups is 1. The molecule has 28 heavy (non-hydrogen) atoms. The van der Waals surface area contributed by atoms with E-state index in [9.17, 15) is 19.7 Å². The largest absolute Gasteiger partial charge is 0.467 e. The molecule has 0 radical (unpaired) electrons. The summed E-state index contributed by atoms with van der Waals surface area (Å²) in [7, 11) is 2.91. The summed E-state index contributed by atoms with van der Waals surface area (Å²) < 4.78 is 4.74. The number of nitrogens with two attached hydrogens (primary N) is 1. The van der Waals surface area contributed by atoms with Gasteiger partial charge in [0, 0.05) is 6.54 Å². The quantitative estimate of drug-likeness (QED) is 0.0961. The van der Waals surface area contributed by atoms with Crippen LogP contribution in [0.4, 0.5) is 0 Å². The van der Waals surface area contributed by atoms with Crippen molar-refractivity contribution in [3.8, 4) is 0 Å². The van der Waals surface area contributed by atoms with Crippen molar-refractivity contribution in [2.45, 2.75) is 31.3 Å². The molecule has 0 aliphatic rings. The minimum absolute atomic E-state index is 0.242. The molecule has 154 valence electrons. The molecule has 0 saturated carbocycles. The third-order valence-corrected chi connectivity index (χ3v) is 3.91. The van der Waals surface area contributed by atoms with Gasteiger partial charge < -0.3 is 26.4 Å². The highest BCUT2D eigenvalue weighted by molar-refractivity contribution is 5.87. The molecule has 0 saturated heterocycles. The van der Waals surface area contributed by atoms with Gasteiger partial charge >= 0.3 is 5.97 Å². The van der Waals surface area contributed by atoms with Crippen molar-refractivity contribution in [3.63, 3.8) is 0 Å². The van der Waals surface area contributed by atoms with E-state index in [0.29, 0.717) is 12.8 Å². The molecule has 1 rings (SSSR count). The Morgan fingerprint density at radius 1 is 1.29 bits per heavy atom. The fourth-order valence-electron chi connectivity index (χ4n) is 2.49. The van der Waals surface area contributed by atoms with Gasteiger partial charge in [-0.1, -0.05) is 30.3 Å². The fraction of sp³-hybridized carbons (Fsp3) is 0.471. The zero-order valence-corrected chi connectivity index (χ0v) is 15.9. The Balaban J connectivity index is 2.60. The van der Waals surface area contributed by atoms with Gasteiger partial charge in [-0.05, 0) is 31.9 Å². The minimum atomic E-state index is -0.912. The number of nitrogens with one attached hydrogen (secondary N) is 3. The Morgan fingerprint density at radius 3 is 2.54 bits per heavy atom. The van der Waals surface area contributed by atoms with Crippen LogP contribution in [0.3, 0.4) is 0 Å². The number of amides is 1. The predicted molar refractivity (Wildman–Crippen MR) is 103 cm³/mol. The summed E-state index contributed by atoms with van der Waals surface area (Å²) in [5, 5.41) is 20.4. The van der Waals surface area contributed by atoms with Crippen molar-refractivity contribution in [2.75, 3.05) is 20.7 Å². The number of carbonyl (C=O) groups excluding carboxylic acids is 2. The number of benzene rings is 1. The highest BCUT2D eigenvalue weighted by Crippen LogP contribution is 2.05. The number of nitro groups is 1. The van der Waals surface area contributed by atoms with E-state index in [1.165, 1.54) is 7.11 Å². The SMILES string of the molecule is CN[C@@H](Cc1ccccc1)C(=O)N[C@@H](CCCNC(N)=N[N+](=O)[O-])C(=O)OC. The summed E-state index contributed by atoms with van der Waals surface area (Å²) >= 11 is 0. The van der Waals surface area contributed by atoms with Crippen LogP contribution in [0.2, 0.25) is 0 Å². The first-order valence-corrected chi connectivity index (χ1v) is 8.69. The lowest BCUT2D eigenvalue weighted by molar-refractivity contribution is -0.485. The lowest BCUT2D eigenvalue weighted by atomic mass is 10.0. The van der Waals surface area contributed by atoms with Crippen molar-refractivity contribution in [1.29, 1.82) is 0 Å². The molecular weight excluding hydrogens is 368 g/mol. The number of likely N-dealkylation sites (N-methyl/N-ethyl adjacent to an activating group) is 1. The smallest absolute Gasteiger partial charge is 0.328 e. The number of ether oxygens (including phenoxy) is 1. The van der Waals surface area contributed by atoms with Crippen LogP contribution in [0, 0.1) is 10.1 Å². The van der Waals surface area contributed by atoms with Crippen molar-refractivity contribution >= 4 is 17.8 Å². The molecule has 0 aliphatic carbocycles. The number of hydrogen-bond acceptors (Lipinski definition) is 6. The molecule has 1 amide bonds. The first-order valence-electron chi connectivity index (χ1n) is 8.69. The average molecular weight is 394 g/mol. The molecular formula is C17H26N6O5. The van der Waals surface area contributed by atoms with Gasteiger partial charge in [0.15, 0.2) is 5.03 Å². The molecule has 0 unspecified atom stereocenters. The third kappa shape index (κ3) is 8.45. The molecule has 11 nitrogen and oxygen atoms in total. The average Bonchev–Trinajstić information content (AvgIpc) is 2.67. The molecule has 2 atom stereocenters. The highest BCUT2D eigenvalue weighted by atomic mass is 16.7. The van der Waals surface area contributed by atoms with Crippen LogP contribution in [-0.4, -0.2) is 55.7 Å². The summed E-state index contributed by atoms with van der Waals surface area (Å²) in [6, 6.07) is 8.13. The first kappa shape index (κ1) is 22.8. The van der Waals surface area contributed by atoms with E-state index < -0.39 is 23.1 Å². The second-order valence-corrected chi connectivity index (χ2v) is 5.91. The summed E-state index contributed by atoms with van der Waals surface area (Å²) in [5.41, 5.74) is 6.30. The van der Waals surface area contributed by atoms with E-state index in [4.69, 9.17) is 10.5 Å². The topological polar surface area (TPSA) is 161 Å². The predicted octanol–water partition coefficient (Wildman–Crippen LogP) is -0.649. The zero-order chi connectivity index (χ0) is 20.9. The number of methoxy groups -OCH3 is 1. The van der Waals surface area contributed by atoms with Crippen LogP contribution in [0.15, 0.2) is 35.4 Å². The molecule has 11 heteroatoms. The number of rotatable bonds is 11. The number of guanidine groups is 1. The van der Waals surface area contributed by atoms with E-state index in [2.05, 4.69) is 21.1 Å². The van der Waals surface area contributed by atoms with Gasteiger partial charge in [0.1, 0.15) is 11.1 Å². The maximum Gasteiger partial charge on any atom is 0.328 e. The molecule has 5 N–H and O–H groups in total. The van der Waals surface area contributed by atoms with Crippen LogP contribution >= 0.6 is 0 Å². The maximum atomic E-state index is 12.6. The fourth-order valence-corrected chi connectivity index (χ4v) is 2.49. The molecule has 0 spiro atoms. The van der Waals surface area contributed by atoms with E-state index in [1.54, 1.807) is 7.05 Å². The van der Waals surface area contributed by atoms with Gasteiger partial charge in [-0.3, -0.25) is 4.79 Å². The van der Waals surface area contributed by atoms with Gasteiger partial charge in [-0.25, -0.2) is 14.9 Å². The van der Waals surface area contributed by atoms with Gasteiger partial charge in [0.2, 0.25) is 5.91 Å². The molecule has 1 aromatic rings. The Kier molecular flexibility index (Phi) is 9.97. The van der Waals surface area contributed by atoms with Crippen molar-refractivity contribution in [1.82, 2.24) is 16.0 Å². The molecule has 0 bridgehead atoms. The van der Waals surface area contributed by atoms with Crippen LogP contribution in [0.5, 0.6) is 0 Å². The molecule has 0 fully saturated rings. The van der Waals surface area contributed by atoms with E-state index in [-0.39, 0.29) is 24.8 Å². The summed E-state index contributed by atoms with van der Waals surface area (Å²) in [4.78, 5) is 34.7. The number of esters is 1. The third-order valence-electron chi connectivity index (χ3n) is 3.91. The van der Waals surface area contributed by atoms with E-state index in [1.807, 2.05) is 30.3 Å². The summed E-state index contributed by atoms with van der Waals surface area (Å²) in [6.45, 7) is 0.242. The maximum absolute atomic E-state index is 12.6. The summed E-state index contributed by atoms with van der Waals surface area (Å²) in [5.74, 6) is -1.24. The second kappa shape index (κ2) is 12.2. The van der Waals surface area contributed by atoms with E-state index >= 15 is 0 Å². The van der Waals surface area contributed by atoms with Gasteiger partial charge in [-0.2, -0.15) is 0 Å². The van der Waals surface area contributed by atoms with E-state index in [0.717, 1.165) is 5.56 Å². The number of carbonyl (C=O) groups is 2. The molecule has 0 aromatic heterocycles. The second-order valence-electron chi connectivity index (χ2n) is 5.91. The molecule has 1 aromatic carbocycles. The first-order chi connectivity index (χ1) is 13.4. The molecule has 0 heterocycles. The van der Waals surface area contributed by atoms with Crippen molar-refractivity contribution < 1.29 is 19.4 Å². The Morgan fingerprint density at radius 2 is 1.96 bits per heavy atom. The Bertz CT molecular complexity index is 682. The van der Waals surface area contributed by atoms with Gasteiger partial charge in [-0.15, -0.1) is 0 Å². The Labute approximate surface area is 162 Å². The lowest BCUT2D eigenvalue weighted by Gasteiger charge is -2.21. The van der Waals surface area contributed by atoms with Crippen LogP contribution in [0.25, 0.3) is 0 Å². The number of hydrogen-bond donors (Lipinski definition) is 4. The standard InChI is InChI=1S/C17H26N6O5/c1-19-14(11-12-7-4-3-5-8-12)15(24)21-13(16(25)28-2)9-6-10-20-17(18)22-23(26)27/h3-5,7-8,13-14,19H,6,9-11H2,1-2H3,(H,21,24)(H3,18,20,22)/t13-,14-/m0/s1. The van der Waals surface area contributed by atoms with Gasteiger partial charge in [0.05, 0.1) is 13.2 Å². The lowest BCUT2D eigenvalue weighted by Crippen LogP contribution is -2.50. The van der Waals surface area contributed by atoms with Crippen LogP contribution in [0.1, 0.15) is 18.4 Å². The Hall–Kier alpha value is -3.21.